The largest absolute Gasteiger partial charge is 0.460 e. The summed E-state index contributed by atoms with van der Waals surface area (Å²) in [4.78, 5) is 0. The van der Waals surface area contributed by atoms with Crippen molar-refractivity contribution >= 4 is 23.2 Å². The Bertz CT molecular complexity index is 336. The van der Waals surface area contributed by atoms with E-state index in [1.807, 2.05) is 0 Å². The van der Waals surface area contributed by atoms with E-state index in [9.17, 15) is 4.39 Å². The third-order valence-electron chi connectivity index (χ3n) is 1.32. The lowest BCUT2D eigenvalue weighted by molar-refractivity contribution is 0.428. The Morgan fingerprint density at radius 3 is 2.77 bits per heavy atom. The van der Waals surface area contributed by atoms with Gasteiger partial charge in [-0.15, -0.1) is 0 Å². The molecule has 70 valence electrons. The Labute approximate surface area is 85.7 Å². The number of hydrogen-bond acceptors (Lipinski definition) is 1. The molecule has 0 bridgehead atoms. The predicted molar refractivity (Wildman–Crippen MR) is 51.6 cm³/mol. The van der Waals surface area contributed by atoms with Crippen LogP contribution in [-0.4, -0.2) is 0 Å². The zero-order valence-electron chi connectivity index (χ0n) is 6.85. The van der Waals surface area contributed by atoms with Crippen molar-refractivity contribution in [3.05, 3.63) is 40.3 Å². The molecule has 1 aromatic rings. The van der Waals surface area contributed by atoms with Crippen molar-refractivity contribution in [2.24, 2.45) is 0 Å². The molecular weight excluding hydrogens is 214 g/mol. The molecule has 1 aromatic carbocycles. The summed E-state index contributed by atoms with van der Waals surface area (Å²) in [6, 6.07) is 3.89. The van der Waals surface area contributed by atoms with E-state index in [4.69, 9.17) is 27.9 Å². The quantitative estimate of drug-likeness (QED) is 0.686. The van der Waals surface area contributed by atoms with Gasteiger partial charge in [0.15, 0.2) is 0 Å². The smallest absolute Gasteiger partial charge is 0.145 e. The molecule has 0 aliphatic rings. The minimum Gasteiger partial charge on any atom is -0.460 e. The van der Waals surface area contributed by atoms with E-state index in [-0.39, 0.29) is 5.02 Å². The molecule has 0 radical (unpaired) electrons. The first-order chi connectivity index (χ1) is 6.13. The minimum atomic E-state index is -0.398. The fourth-order valence-corrected chi connectivity index (χ4v) is 1.00. The topological polar surface area (TPSA) is 9.23 Å². The van der Waals surface area contributed by atoms with E-state index < -0.39 is 5.82 Å². The van der Waals surface area contributed by atoms with Gasteiger partial charge in [-0.1, -0.05) is 23.2 Å². The molecular formula is C9H7Cl2FO. The van der Waals surface area contributed by atoms with Gasteiger partial charge in [-0.2, -0.15) is 0 Å². The summed E-state index contributed by atoms with van der Waals surface area (Å²) in [6.45, 7) is 1.67. The number of benzene rings is 1. The molecule has 4 heteroatoms. The minimum absolute atomic E-state index is 0.220. The normalized spacial score (nSPS) is 11.5. The van der Waals surface area contributed by atoms with E-state index >= 15 is 0 Å². The van der Waals surface area contributed by atoms with Gasteiger partial charge in [0.2, 0.25) is 0 Å². The fraction of sp³-hybridized carbons (Fsp3) is 0.111. The molecule has 0 spiro atoms. The molecule has 0 unspecified atom stereocenters. The molecule has 0 heterocycles. The van der Waals surface area contributed by atoms with Gasteiger partial charge in [-0.05, 0) is 25.1 Å². The van der Waals surface area contributed by atoms with Crippen LogP contribution in [0.5, 0.6) is 5.75 Å². The highest BCUT2D eigenvalue weighted by Crippen LogP contribution is 2.26. The highest BCUT2D eigenvalue weighted by Gasteiger charge is 2.03. The van der Waals surface area contributed by atoms with Gasteiger partial charge < -0.3 is 4.74 Å². The molecule has 0 aromatic heterocycles. The highest BCUT2D eigenvalue weighted by molar-refractivity contribution is 6.32. The molecule has 0 aliphatic carbocycles. The molecule has 0 aliphatic heterocycles. The molecule has 0 N–H and O–H groups in total. The van der Waals surface area contributed by atoms with Crippen LogP contribution in [0.15, 0.2) is 29.5 Å². The van der Waals surface area contributed by atoms with E-state index in [0.717, 1.165) is 0 Å². The second-order valence-electron chi connectivity index (χ2n) is 2.40. The summed E-state index contributed by atoms with van der Waals surface area (Å²) in [5, 5.41) is 0.220. The number of hydrogen-bond donors (Lipinski definition) is 0. The zero-order valence-corrected chi connectivity index (χ0v) is 8.36. The Morgan fingerprint density at radius 2 is 2.23 bits per heavy atom. The van der Waals surface area contributed by atoms with Crippen LogP contribution >= 0.6 is 23.2 Å². The monoisotopic (exact) mass is 220 g/mol. The standard InChI is InChI=1S/C9H7Cl2FO/c1-6(5-10)13-9-3-2-7(12)4-8(9)11/h2-5H,1H3. The van der Waals surface area contributed by atoms with Crippen LogP contribution in [0.4, 0.5) is 4.39 Å². The van der Waals surface area contributed by atoms with Crippen molar-refractivity contribution in [1.82, 2.24) is 0 Å². The van der Waals surface area contributed by atoms with Crippen molar-refractivity contribution in [2.45, 2.75) is 6.92 Å². The number of rotatable bonds is 2. The second-order valence-corrected chi connectivity index (χ2v) is 3.02. The van der Waals surface area contributed by atoms with E-state index in [2.05, 4.69) is 0 Å². The van der Waals surface area contributed by atoms with Crippen LogP contribution in [0.2, 0.25) is 5.02 Å². The maximum atomic E-state index is 12.6. The lowest BCUT2D eigenvalue weighted by atomic mass is 10.3. The van der Waals surface area contributed by atoms with Crippen LogP contribution in [0.3, 0.4) is 0 Å². The molecule has 13 heavy (non-hydrogen) atoms. The molecule has 1 nitrogen and oxygen atoms in total. The Kier molecular flexibility index (Phi) is 3.58. The Balaban J connectivity index is 2.90. The van der Waals surface area contributed by atoms with Crippen LogP contribution in [0, 0.1) is 5.82 Å². The average Bonchev–Trinajstić information content (AvgIpc) is 2.09. The lowest BCUT2D eigenvalue weighted by Gasteiger charge is -2.06. The van der Waals surface area contributed by atoms with Crippen molar-refractivity contribution < 1.29 is 9.13 Å². The third kappa shape index (κ3) is 2.90. The summed E-state index contributed by atoms with van der Waals surface area (Å²) >= 11 is 11.1. The van der Waals surface area contributed by atoms with Gasteiger partial charge in [0.25, 0.3) is 0 Å². The fourth-order valence-electron chi connectivity index (χ4n) is 0.754. The zero-order chi connectivity index (χ0) is 9.84. The molecule has 0 fully saturated rings. The van der Waals surface area contributed by atoms with Gasteiger partial charge in [-0.3, -0.25) is 0 Å². The first kappa shape index (κ1) is 10.4. The molecule has 0 saturated carbocycles. The van der Waals surface area contributed by atoms with Crippen molar-refractivity contribution in [2.75, 3.05) is 0 Å². The summed E-state index contributed by atoms with van der Waals surface area (Å²) in [6.07, 6.45) is 0. The van der Waals surface area contributed by atoms with Crippen LogP contribution < -0.4 is 4.74 Å². The molecule has 0 amide bonds. The van der Waals surface area contributed by atoms with Gasteiger partial charge >= 0.3 is 0 Å². The van der Waals surface area contributed by atoms with E-state index in [1.165, 1.54) is 23.7 Å². The Morgan fingerprint density at radius 1 is 1.54 bits per heavy atom. The maximum absolute atomic E-state index is 12.6. The predicted octanol–water partition coefficient (Wildman–Crippen LogP) is 3.96. The average molecular weight is 221 g/mol. The summed E-state index contributed by atoms with van der Waals surface area (Å²) in [5.41, 5.74) is 1.28. The molecule has 0 saturated heterocycles. The van der Waals surface area contributed by atoms with Gasteiger partial charge in [0, 0.05) is 5.54 Å². The number of ether oxygens (including phenoxy) is 1. The van der Waals surface area contributed by atoms with Crippen LogP contribution in [0.25, 0.3) is 0 Å². The Hall–Kier alpha value is -0.730. The van der Waals surface area contributed by atoms with Crippen molar-refractivity contribution in [3.63, 3.8) is 0 Å². The van der Waals surface area contributed by atoms with Crippen LogP contribution in [0.1, 0.15) is 6.92 Å². The van der Waals surface area contributed by atoms with Gasteiger partial charge in [0.05, 0.1) is 5.02 Å². The first-order valence-corrected chi connectivity index (χ1v) is 4.35. The maximum Gasteiger partial charge on any atom is 0.145 e. The summed E-state index contributed by atoms with van der Waals surface area (Å²) < 4.78 is 17.8. The van der Waals surface area contributed by atoms with Crippen LogP contribution in [-0.2, 0) is 0 Å². The van der Waals surface area contributed by atoms with E-state index in [0.29, 0.717) is 11.5 Å². The molecule has 1 rings (SSSR count). The number of allylic oxidation sites excluding steroid dienone is 1. The second kappa shape index (κ2) is 4.49. The highest BCUT2D eigenvalue weighted by atomic mass is 35.5. The summed E-state index contributed by atoms with van der Waals surface area (Å²) in [7, 11) is 0. The van der Waals surface area contributed by atoms with Crippen molar-refractivity contribution in [1.29, 1.82) is 0 Å². The number of halogens is 3. The third-order valence-corrected chi connectivity index (χ3v) is 1.92. The van der Waals surface area contributed by atoms with Gasteiger partial charge in [-0.25, -0.2) is 4.39 Å². The van der Waals surface area contributed by atoms with Crippen molar-refractivity contribution in [3.8, 4) is 5.75 Å². The molecule has 0 atom stereocenters. The lowest BCUT2D eigenvalue weighted by Crippen LogP contribution is -1.90. The SMILES string of the molecule is CC(=CCl)Oc1ccc(F)cc1Cl. The summed E-state index contributed by atoms with van der Waals surface area (Å²) in [5.74, 6) is 0.484. The van der Waals surface area contributed by atoms with E-state index in [1.54, 1.807) is 6.92 Å². The first-order valence-electron chi connectivity index (χ1n) is 3.53. The van der Waals surface area contributed by atoms with Gasteiger partial charge in [0.1, 0.15) is 17.3 Å².